The lowest BCUT2D eigenvalue weighted by Gasteiger charge is -2.19. The van der Waals surface area contributed by atoms with E-state index in [1.807, 2.05) is 0 Å². The van der Waals surface area contributed by atoms with Crippen LogP contribution in [0.2, 0.25) is 0 Å². The third kappa shape index (κ3) is 4.52. The number of carbonyl (C=O) groups excluding carboxylic acids is 1. The van der Waals surface area contributed by atoms with Gasteiger partial charge in [0.15, 0.2) is 5.12 Å². The van der Waals surface area contributed by atoms with Crippen molar-refractivity contribution in [3.63, 3.8) is 0 Å². The van der Waals surface area contributed by atoms with Crippen LogP contribution >= 0.6 is 11.8 Å². The van der Waals surface area contributed by atoms with Crippen molar-refractivity contribution in [2.75, 3.05) is 5.75 Å². The highest BCUT2D eigenvalue weighted by molar-refractivity contribution is 8.13. The predicted octanol–water partition coefficient (Wildman–Crippen LogP) is 1.15. The predicted molar refractivity (Wildman–Crippen MR) is 73.8 cm³/mol. The third-order valence-electron chi connectivity index (χ3n) is 2.68. The van der Waals surface area contributed by atoms with Crippen LogP contribution in [0.1, 0.15) is 35.4 Å². The van der Waals surface area contributed by atoms with Crippen molar-refractivity contribution in [3.8, 4) is 5.75 Å². The van der Waals surface area contributed by atoms with E-state index in [9.17, 15) is 24.9 Å². The Kier molecular flexibility index (Phi) is 6.00. The molecule has 6 nitrogen and oxygen atoms in total. The third-order valence-corrected chi connectivity index (χ3v) is 3.53. The molecule has 2 unspecified atom stereocenters. The molecule has 0 saturated carbocycles. The number of carboxylic acid groups (broad SMARTS) is 1. The highest BCUT2D eigenvalue weighted by atomic mass is 32.2. The summed E-state index contributed by atoms with van der Waals surface area (Å²) in [5.41, 5.74) is -0.0598. The number of aromatic carboxylic acids is 1. The van der Waals surface area contributed by atoms with Crippen molar-refractivity contribution in [3.05, 3.63) is 29.3 Å². The molecule has 7 heteroatoms. The maximum absolute atomic E-state index is 10.7. The molecule has 0 saturated heterocycles. The second kappa shape index (κ2) is 7.28. The monoisotopic (exact) mass is 300 g/mol. The van der Waals surface area contributed by atoms with Gasteiger partial charge in [-0.25, -0.2) is 4.79 Å². The van der Waals surface area contributed by atoms with Gasteiger partial charge in [0, 0.05) is 18.2 Å². The Balaban J connectivity index is 2.73. The van der Waals surface area contributed by atoms with Gasteiger partial charge in [-0.05, 0) is 18.6 Å². The smallest absolute Gasteiger partial charge is 0.335 e. The Morgan fingerprint density at radius 2 is 1.95 bits per heavy atom. The van der Waals surface area contributed by atoms with Crippen LogP contribution in [0.5, 0.6) is 5.75 Å². The second-order valence-corrected chi connectivity index (χ2v) is 5.49. The Labute approximate surface area is 120 Å². The van der Waals surface area contributed by atoms with E-state index in [2.05, 4.69) is 0 Å². The van der Waals surface area contributed by atoms with Crippen molar-refractivity contribution in [2.24, 2.45) is 0 Å². The number of phenols is 1. The number of carbonyl (C=O) groups is 2. The first-order chi connectivity index (χ1) is 9.32. The minimum absolute atomic E-state index is 0.0512. The molecule has 0 aliphatic heterocycles. The van der Waals surface area contributed by atoms with Gasteiger partial charge in [-0.1, -0.05) is 17.8 Å². The SMILES string of the molecule is CC(=O)SCCC(O)C(O)c1ccc(C(=O)O)cc1O. The summed E-state index contributed by atoms with van der Waals surface area (Å²) >= 11 is 1.03. The summed E-state index contributed by atoms with van der Waals surface area (Å²) in [6.07, 6.45) is -2.32. The van der Waals surface area contributed by atoms with Crippen molar-refractivity contribution in [2.45, 2.75) is 25.6 Å². The van der Waals surface area contributed by atoms with Crippen molar-refractivity contribution in [1.29, 1.82) is 0 Å². The second-order valence-electron chi connectivity index (χ2n) is 4.22. The van der Waals surface area contributed by atoms with Crippen LogP contribution in [0.3, 0.4) is 0 Å². The van der Waals surface area contributed by atoms with Crippen molar-refractivity contribution in [1.82, 2.24) is 0 Å². The Morgan fingerprint density at radius 1 is 1.30 bits per heavy atom. The van der Waals surface area contributed by atoms with Crippen LogP contribution in [0.15, 0.2) is 18.2 Å². The van der Waals surface area contributed by atoms with Gasteiger partial charge in [0.05, 0.1) is 11.7 Å². The molecule has 2 atom stereocenters. The van der Waals surface area contributed by atoms with Crippen LogP contribution in [0.25, 0.3) is 0 Å². The van der Waals surface area contributed by atoms with E-state index in [1.165, 1.54) is 19.1 Å². The van der Waals surface area contributed by atoms with Crippen LogP contribution in [-0.4, -0.2) is 43.4 Å². The van der Waals surface area contributed by atoms with Gasteiger partial charge in [-0.3, -0.25) is 4.79 Å². The zero-order valence-electron chi connectivity index (χ0n) is 10.8. The van der Waals surface area contributed by atoms with Crippen LogP contribution < -0.4 is 0 Å². The van der Waals surface area contributed by atoms with E-state index >= 15 is 0 Å². The van der Waals surface area contributed by atoms with Gasteiger partial charge in [-0.2, -0.15) is 0 Å². The van der Waals surface area contributed by atoms with E-state index in [1.54, 1.807) is 0 Å². The Hall–Kier alpha value is -1.57. The molecule has 0 fully saturated rings. The first-order valence-corrected chi connectivity index (χ1v) is 6.87. The van der Waals surface area contributed by atoms with Crippen molar-refractivity contribution >= 4 is 22.8 Å². The number of aliphatic hydroxyl groups is 2. The molecule has 0 aliphatic carbocycles. The fourth-order valence-electron chi connectivity index (χ4n) is 1.62. The van der Waals surface area contributed by atoms with Crippen molar-refractivity contribution < 1.29 is 30.0 Å². The van der Waals surface area contributed by atoms with Crippen LogP contribution in [-0.2, 0) is 4.79 Å². The molecule has 0 spiro atoms. The molecule has 0 radical (unpaired) electrons. The molecule has 0 bridgehead atoms. The minimum atomic E-state index is -1.34. The molecule has 0 amide bonds. The molecule has 4 N–H and O–H groups in total. The number of aliphatic hydroxyl groups excluding tert-OH is 2. The zero-order chi connectivity index (χ0) is 15.3. The van der Waals surface area contributed by atoms with Gasteiger partial charge in [0.1, 0.15) is 11.9 Å². The molecule has 1 aromatic carbocycles. The van der Waals surface area contributed by atoms with E-state index in [-0.39, 0.29) is 22.7 Å². The number of benzene rings is 1. The summed E-state index contributed by atoms with van der Waals surface area (Å²) in [6.45, 7) is 1.41. The van der Waals surface area contributed by atoms with Crippen LogP contribution in [0, 0.1) is 0 Å². The van der Waals surface area contributed by atoms with Gasteiger partial charge in [-0.15, -0.1) is 0 Å². The standard InChI is InChI=1S/C13H16O6S/c1-7(14)20-5-4-10(15)12(17)9-3-2-8(13(18)19)6-11(9)16/h2-3,6,10,12,15-17H,4-5H2,1H3,(H,18,19). The molecular formula is C13H16O6S. The molecule has 0 aliphatic rings. The lowest BCUT2D eigenvalue weighted by atomic mass is 10.00. The summed E-state index contributed by atoms with van der Waals surface area (Å²) in [5, 5.41) is 38.1. The first-order valence-electron chi connectivity index (χ1n) is 5.88. The number of phenolic OH excluding ortho intramolecular Hbond substituents is 1. The number of aromatic hydroxyl groups is 1. The summed E-state index contributed by atoms with van der Waals surface area (Å²) in [6, 6.07) is 3.50. The normalized spacial score (nSPS) is 13.8. The average Bonchev–Trinajstić information content (AvgIpc) is 2.37. The number of hydrogen-bond donors (Lipinski definition) is 4. The molecule has 1 aromatic rings. The number of carboxylic acids is 1. The first kappa shape index (κ1) is 16.5. The summed E-state index contributed by atoms with van der Waals surface area (Å²) in [4.78, 5) is 21.5. The molecule has 1 rings (SSSR count). The molecule has 110 valence electrons. The Morgan fingerprint density at radius 3 is 2.45 bits per heavy atom. The zero-order valence-corrected chi connectivity index (χ0v) is 11.6. The molecule has 20 heavy (non-hydrogen) atoms. The molecule has 0 aromatic heterocycles. The number of thioether (sulfide) groups is 1. The fourth-order valence-corrected chi connectivity index (χ4v) is 2.26. The van der Waals surface area contributed by atoms with E-state index < -0.39 is 23.9 Å². The number of rotatable bonds is 6. The van der Waals surface area contributed by atoms with Gasteiger partial charge >= 0.3 is 5.97 Å². The van der Waals surface area contributed by atoms with E-state index in [0.717, 1.165) is 17.8 Å². The molecular weight excluding hydrogens is 284 g/mol. The highest BCUT2D eigenvalue weighted by Gasteiger charge is 2.22. The maximum atomic E-state index is 10.7. The van der Waals surface area contributed by atoms with Gasteiger partial charge < -0.3 is 20.4 Å². The quantitative estimate of drug-likeness (QED) is 0.623. The lowest BCUT2D eigenvalue weighted by Crippen LogP contribution is -2.19. The van der Waals surface area contributed by atoms with Crippen LogP contribution in [0.4, 0.5) is 0 Å². The Bertz CT molecular complexity index is 502. The van der Waals surface area contributed by atoms with E-state index in [4.69, 9.17) is 5.11 Å². The minimum Gasteiger partial charge on any atom is -0.508 e. The maximum Gasteiger partial charge on any atom is 0.335 e. The van der Waals surface area contributed by atoms with E-state index in [0.29, 0.717) is 5.75 Å². The fraction of sp³-hybridized carbons (Fsp3) is 0.385. The summed E-state index contributed by atoms with van der Waals surface area (Å²) in [7, 11) is 0. The highest BCUT2D eigenvalue weighted by Crippen LogP contribution is 2.29. The molecule has 0 heterocycles. The number of hydrogen-bond acceptors (Lipinski definition) is 6. The average molecular weight is 300 g/mol. The van der Waals surface area contributed by atoms with Gasteiger partial charge in [0.2, 0.25) is 0 Å². The summed E-state index contributed by atoms with van der Waals surface area (Å²) in [5.74, 6) is -1.24. The van der Waals surface area contributed by atoms with Gasteiger partial charge in [0.25, 0.3) is 0 Å². The lowest BCUT2D eigenvalue weighted by molar-refractivity contribution is -0.109. The largest absolute Gasteiger partial charge is 0.508 e. The summed E-state index contributed by atoms with van der Waals surface area (Å²) < 4.78 is 0. The topological polar surface area (TPSA) is 115 Å².